The van der Waals surface area contributed by atoms with Crippen LogP contribution >= 0.6 is 11.6 Å². The number of aromatic nitrogens is 6. The quantitative estimate of drug-likeness (QED) is 0.283. The second-order valence-electron chi connectivity index (χ2n) is 8.52. The zero-order valence-electron chi connectivity index (χ0n) is 19.5. The van der Waals surface area contributed by atoms with Crippen LogP contribution in [-0.2, 0) is 19.8 Å². The lowest BCUT2D eigenvalue weighted by Crippen LogP contribution is -2.08. The molecule has 0 saturated heterocycles. The minimum atomic E-state index is -4.50. The molecule has 1 aromatic carbocycles. The van der Waals surface area contributed by atoms with Crippen molar-refractivity contribution >= 4 is 28.5 Å². The molecule has 0 saturated carbocycles. The number of anilines is 1. The maximum Gasteiger partial charge on any atom is 0.434 e. The van der Waals surface area contributed by atoms with Crippen molar-refractivity contribution in [3.63, 3.8) is 0 Å². The van der Waals surface area contributed by atoms with Crippen LogP contribution in [0.2, 0.25) is 5.02 Å². The van der Waals surface area contributed by atoms with Crippen molar-refractivity contribution in [2.45, 2.75) is 32.6 Å². The SMILES string of the molecule is CC(C)n1ncc(Cl)c1-c1nc(NCc2ccc(-c3nc(C(F)(F)F)cn3C)cc2)c2occc2n1. The molecule has 0 aliphatic heterocycles. The second kappa shape index (κ2) is 8.98. The van der Waals surface area contributed by atoms with E-state index in [4.69, 9.17) is 16.0 Å². The molecule has 0 aliphatic carbocycles. The van der Waals surface area contributed by atoms with Crippen molar-refractivity contribution in [1.29, 1.82) is 0 Å². The van der Waals surface area contributed by atoms with Gasteiger partial charge in [0.15, 0.2) is 22.9 Å². The summed E-state index contributed by atoms with van der Waals surface area (Å²) in [6.45, 7) is 4.36. The molecular weight excluding hydrogens is 495 g/mol. The number of nitrogens with zero attached hydrogens (tertiary/aromatic N) is 6. The van der Waals surface area contributed by atoms with E-state index in [2.05, 4.69) is 25.4 Å². The van der Waals surface area contributed by atoms with Crippen molar-refractivity contribution in [3.8, 4) is 22.9 Å². The van der Waals surface area contributed by atoms with Crippen LogP contribution in [0.15, 0.2) is 53.4 Å². The van der Waals surface area contributed by atoms with Crippen LogP contribution in [0.1, 0.15) is 31.1 Å². The van der Waals surface area contributed by atoms with Crippen LogP contribution in [0.3, 0.4) is 0 Å². The highest BCUT2D eigenvalue weighted by Gasteiger charge is 2.34. The fourth-order valence-electron chi connectivity index (χ4n) is 3.86. The topological polar surface area (TPSA) is 86.6 Å². The van der Waals surface area contributed by atoms with Gasteiger partial charge in [0.05, 0.1) is 17.5 Å². The van der Waals surface area contributed by atoms with Crippen LogP contribution < -0.4 is 5.32 Å². The van der Waals surface area contributed by atoms with Gasteiger partial charge < -0.3 is 14.3 Å². The lowest BCUT2D eigenvalue weighted by Gasteiger charge is -2.12. The molecular formula is C24H21ClF3N7O. The maximum atomic E-state index is 13.0. The number of fused-ring (bicyclic) bond motifs is 1. The molecule has 8 nitrogen and oxygen atoms in total. The molecule has 0 radical (unpaired) electrons. The van der Waals surface area contributed by atoms with Gasteiger partial charge in [-0.15, -0.1) is 0 Å². The van der Waals surface area contributed by atoms with Gasteiger partial charge in [-0.1, -0.05) is 35.9 Å². The van der Waals surface area contributed by atoms with E-state index in [0.717, 1.165) is 11.8 Å². The fraction of sp³-hybridized carbons (Fsp3) is 0.250. The van der Waals surface area contributed by atoms with Gasteiger partial charge in [0.2, 0.25) is 0 Å². The van der Waals surface area contributed by atoms with Crippen LogP contribution in [0.25, 0.3) is 34.0 Å². The van der Waals surface area contributed by atoms with Crippen LogP contribution in [0.4, 0.5) is 19.0 Å². The summed E-state index contributed by atoms with van der Waals surface area (Å²) in [5, 5.41) is 8.04. The summed E-state index contributed by atoms with van der Waals surface area (Å²) < 4.78 is 47.7. The molecule has 5 rings (SSSR count). The molecule has 1 N–H and O–H groups in total. The summed E-state index contributed by atoms with van der Waals surface area (Å²) in [7, 11) is 1.53. The van der Waals surface area contributed by atoms with Crippen molar-refractivity contribution in [2.75, 3.05) is 5.32 Å². The van der Waals surface area contributed by atoms with E-state index in [1.165, 1.54) is 17.9 Å². The number of imidazole rings is 1. The average molecular weight is 516 g/mol. The first kappa shape index (κ1) is 23.9. The average Bonchev–Trinajstić information content (AvgIpc) is 3.55. The third kappa shape index (κ3) is 4.41. The molecule has 0 spiro atoms. The van der Waals surface area contributed by atoms with E-state index < -0.39 is 11.9 Å². The van der Waals surface area contributed by atoms with Gasteiger partial charge >= 0.3 is 6.18 Å². The van der Waals surface area contributed by atoms with Crippen molar-refractivity contribution in [1.82, 2.24) is 29.3 Å². The van der Waals surface area contributed by atoms with E-state index in [1.54, 1.807) is 29.1 Å². The first-order chi connectivity index (χ1) is 17.1. The number of benzene rings is 1. The molecule has 186 valence electrons. The van der Waals surface area contributed by atoms with E-state index in [0.29, 0.717) is 45.6 Å². The predicted octanol–water partition coefficient (Wildman–Crippen LogP) is 6.35. The highest BCUT2D eigenvalue weighted by molar-refractivity contribution is 6.32. The Morgan fingerprint density at radius 1 is 1.08 bits per heavy atom. The minimum absolute atomic E-state index is 0.0528. The Balaban J connectivity index is 1.41. The number of furan rings is 1. The summed E-state index contributed by atoms with van der Waals surface area (Å²) in [5.41, 5.74) is 2.25. The number of alkyl halides is 3. The highest BCUT2D eigenvalue weighted by Crippen LogP contribution is 2.32. The number of hydrogen-bond acceptors (Lipinski definition) is 6. The Kier molecular flexibility index (Phi) is 5.95. The minimum Gasteiger partial charge on any atom is -0.459 e. The predicted molar refractivity (Wildman–Crippen MR) is 129 cm³/mol. The summed E-state index contributed by atoms with van der Waals surface area (Å²) in [5.74, 6) is 1.13. The van der Waals surface area contributed by atoms with E-state index in [1.807, 2.05) is 26.0 Å². The standard InChI is InChI=1S/C24H21ClF3N7O/c1-13(2)35-19(16(25)11-30-35)21-31-17-8-9-36-20(17)22(33-21)29-10-14-4-6-15(7-5-14)23-32-18(12-34(23)3)24(26,27)28/h4-9,11-13H,10H2,1-3H3,(H,29,31,33). The first-order valence-electron chi connectivity index (χ1n) is 11.0. The molecule has 12 heteroatoms. The number of halogens is 4. The van der Waals surface area contributed by atoms with Crippen LogP contribution in [-0.4, -0.2) is 29.3 Å². The molecule has 0 aliphatic rings. The first-order valence-corrected chi connectivity index (χ1v) is 11.4. The number of aryl methyl sites for hydroxylation is 1. The molecule has 4 heterocycles. The molecule has 0 unspecified atom stereocenters. The van der Waals surface area contributed by atoms with E-state index >= 15 is 0 Å². The summed E-state index contributed by atoms with van der Waals surface area (Å²) in [6, 6.07) is 8.89. The Labute approximate surface area is 208 Å². The van der Waals surface area contributed by atoms with Crippen LogP contribution in [0.5, 0.6) is 0 Å². The van der Waals surface area contributed by atoms with E-state index in [-0.39, 0.29) is 11.9 Å². The van der Waals surface area contributed by atoms with Gasteiger partial charge in [-0.05, 0) is 19.4 Å². The molecule has 36 heavy (non-hydrogen) atoms. The molecule has 0 fully saturated rings. The fourth-order valence-corrected chi connectivity index (χ4v) is 4.07. The Hall–Kier alpha value is -3.86. The Morgan fingerprint density at radius 2 is 1.83 bits per heavy atom. The number of hydrogen-bond donors (Lipinski definition) is 1. The third-order valence-electron chi connectivity index (χ3n) is 5.59. The third-order valence-corrected chi connectivity index (χ3v) is 5.87. The van der Waals surface area contributed by atoms with E-state index in [9.17, 15) is 13.2 Å². The van der Waals surface area contributed by atoms with Crippen molar-refractivity contribution < 1.29 is 17.6 Å². The largest absolute Gasteiger partial charge is 0.459 e. The Morgan fingerprint density at radius 3 is 2.50 bits per heavy atom. The van der Waals surface area contributed by atoms with Crippen molar-refractivity contribution in [3.05, 3.63) is 65.3 Å². The summed E-state index contributed by atoms with van der Waals surface area (Å²) in [4.78, 5) is 13.0. The molecule has 4 aromatic heterocycles. The number of rotatable bonds is 6. The van der Waals surface area contributed by atoms with Gasteiger partial charge in [0.1, 0.15) is 17.0 Å². The van der Waals surface area contributed by atoms with Gasteiger partial charge in [-0.2, -0.15) is 18.3 Å². The highest BCUT2D eigenvalue weighted by atomic mass is 35.5. The molecule has 0 bridgehead atoms. The van der Waals surface area contributed by atoms with Crippen LogP contribution in [0, 0.1) is 0 Å². The van der Waals surface area contributed by atoms with Gasteiger partial charge in [0, 0.05) is 37.5 Å². The van der Waals surface area contributed by atoms with Gasteiger partial charge in [-0.25, -0.2) is 15.0 Å². The summed E-state index contributed by atoms with van der Waals surface area (Å²) >= 11 is 6.40. The summed E-state index contributed by atoms with van der Waals surface area (Å²) in [6.07, 6.45) is -0.422. The maximum absolute atomic E-state index is 13.0. The normalized spacial score (nSPS) is 12.1. The lowest BCUT2D eigenvalue weighted by molar-refractivity contribution is -0.140. The molecule has 5 aromatic rings. The molecule has 0 atom stereocenters. The van der Waals surface area contributed by atoms with Gasteiger partial charge in [-0.3, -0.25) is 4.68 Å². The monoisotopic (exact) mass is 515 g/mol. The second-order valence-corrected chi connectivity index (χ2v) is 8.93. The zero-order valence-corrected chi connectivity index (χ0v) is 20.3. The zero-order chi connectivity index (χ0) is 25.6. The van der Waals surface area contributed by atoms with Crippen molar-refractivity contribution in [2.24, 2.45) is 7.05 Å². The molecule has 0 amide bonds. The smallest absolute Gasteiger partial charge is 0.434 e. The lowest BCUT2D eigenvalue weighted by atomic mass is 10.1. The number of nitrogens with one attached hydrogen (secondary N) is 1. The Bertz CT molecular complexity index is 1530. The van der Waals surface area contributed by atoms with Gasteiger partial charge in [0.25, 0.3) is 0 Å².